The van der Waals surface area contributed by atoms with Crippen LogP contribution in [-0.4, -0.2) is 33.6 Å². The zero-order valence-corrected chi connectivity index (χ0v) is 36.1. The molecule has 61 heavy (non-hydrogen) atoms. The van der Waals surface area contributed by atoms with Crippen LogP contribution in [0.1, 0.15) is 2.74 Å². The summed E-state index contributed by atoms with van der Waals surface area (Å²) in [5, 5.41) is 5.79. The van der Waals surface area contributed by atoms with Crippen LogP contribution in [0.25, 0.3) is 83.0 Å². The molecule has 0 saturated carbocycles. The summed E-state index contributed by atoms with van der Waals surface area (Å²) in [4.78, 5) is 18.4. The molecule has 12 aromatic rings. The van der Waals surface area contributed by atoms with Gasteiger partial charge in [-0.15, -0.1) is 59.3 Å². The van der Waals surface area contributed by atoms with Crippen molar-refractivity contribution in [1.82, 2.24) is 33.6 Å². The summed E-state index contributed by atoms with van der Waals surface area (Å²) in [5.74, 6) is 3.33. The summed E-state index contributed by atoms with van der Waals surface area (Å²) in [5.41, 5.74) is 4.72. The number of fused-ring (bicyclic) bond motifs is 9. The first-order valence-electron chi connectivity index (χ1n) is 19.9. The number of nitrogens with zero attached hydrogens (tertiary/aromatic N) is 7. The Hall–Kier alpha value is -6.92. The molecular weight excluding hydrogens is 1120 g/mol. The van der Waals surface area contributed by atoms with Crippen molar-refractivity contribution in [2.75, 3.05) is 0 Å². The van der Waals surface area contributed by atoms with Crippen LogP contribution >= 0.6 is 0 Å². The molecule has 0 N–H and O–H groups in total. The van der Waals surface area contributed by atoms with Gasteiger partial charge in [-0.3, -0.25) is 0 Å². The van der Waals surface area contributed by atoms with E-state index in [2.05, 4.69) is 56.3 Å². The molecule has 11 heteroatoms. The molecule has 0 unspecified atom stereocenters. The first kappa shape index (κ1) is 36.0. The molecule has 0 radical (unpaired) electrons. The van der Waals surface area contributed by atoms with Crippen LogP contribution < -0.4 is 9.47 Å². The van der Waals surface area contributed by atoms with E-state index < -0.39 is 0 Å². The average Bonchev–Trinajstić information content (AvgIpc) is 3.91. The van der Waals surface area contributed by atoms with Crippen LogP contribution in [0.2, 0.25) is 0 Å². The minimum absolute atomic E-state index is 0. The van der Waals surface area contributed by atoms with E-state index in [-0.39, 0.29) is 42.1 Å². The number of hydrogen-bond donors (Lipinski definition) is 0. The maximum atomic E-state index is 8.64. The number of ether oxygens (including phenoxy) is 2. The minimum atomic E-state index is 0. The molecule has 6 heterocycles. The van der Waals surface area contributed by atoms with Gasteiger partial charge in [0.15, 0.2) is 0 Å². The minimum Gasteiger partial charge on any atom is -0.509 e. The van der Waals surface area contributed by atoms with Crippen LogP contribution in [0.4, 0.5) is 0 Å². The van der Waals surface area contributed by atoms with E-state index in [9.17, 15) is 0 Å². The number of benzene rings is 6. The molecule has 12 rings (SSSR count). The number of para-hydroxylation sites is 2. The van der Waals surface area contributed by atoms with E-state index in [1.165, 1.54) is 0 Å². The van der Waals surface area contributed by atoms with Crippen molar-refractivity contribution in [3.05, 3.63) is 189 Å². The van der Waals surface area contributed by atoms with E-state index in [1.54, 1.807) is 55.1 Å². The smallest absolute Gasteiger partial charge is 0.509 e. The Balaban J connectivity index is 0.00000236. The zero-order chi connectivity index (χ0) is 40.6. The summed E-state index contributed by atoms with van der Waals surface area (Å²) in [6.07, 6.45) is 6.77. The van der Waals surface area contributed by atoms with Gasteiger partial charge in [-0.1, -0.05) is 70.6 Å². The maximum absolute atomic E-state index is 8.64. The zero-order valence-electron chi connectivity index (χ0n) is 33.5. The van der Waals surface area contributed by atoms with Gasteiger partial charge < -0.3 is 23.2 Å². The summed E-state index contributed by atoms with van der Waals surface area (Å²) < 4.78 is 36.1. The van der Waals surface area contributed by atoms with Gasteiger partial charge in [-0.2, -0.15) is 35.0 Å². The van der Waals surface area contributed by atoms with Crippen molar-refractivity contribution in [3.63, 3.8) is 0 Å². The van der Waals surface area contributed by atoms with Gasteiger partial charge >= 0.3 is 42.1 Å². The third kappa shape index (κ3) is 6.40. The fraction of sp³-hybridized carbons (Fsp3) is 0. The van der Waals surface area contributed by atoms with E-state index in [1.807, 2.05) is 98.6 Å². The fourth-order valence-corrected chi connectivity index (χ4v) is 7.97. The second kappa shape index (κ2) is 15.6. The van der Waals surface area contributed by atoms with Crippen molar-refractivity contribution in [1.29, 1.82) is 0 Å². The normalized spacial score (nSPS) is 11.8. The molecule has 6 aromatic heterocycles. The molecule has 6 aromatic carbocycles. The van der Waals surface area contributed by atoms with Crippen LogP contribution in [0.15, 0.2) is 164 Å². The van der Waals surface area contributed by atoms with Gasteiger partial charge in [0, 0.05) is 58.8 Å². The Morgan fingerprint density at radius 2 is 0.754 bits per heavy atom. The maximum Gasteiger partial charge on any atom is 2.00 e. The van der Waals surface area contributed by atoms with Crippen LogP contribution in [-0.2, 0) is 42.1 Å². The largest absolute Gasteiger partial charge is 2.00 e. The Bertz CT molecular complexity index is 3500. The molecule has 0 amide bonds. The molecule has 9 nitrogen and oxygen atoms in total. The van der Waals surface area contributed by atoms with Crippen LogP contribution in [0.5, 0.6) is 23.0 Å². The number of rotatable bonds is 7. The van der Waals surface area contributed by atoms with E-state index >= 15 is 0 Å². The van der Waals surface area contributed by atoms with E-state index in [4.69, 9.17) is 12.2 Å². The van der Waals surface area contributed by atoms with Gasteiger partial charge in [0.25, 0.3) is 0 Å². The molecule has 0 atom stereocenters. The standard InChI is InChI=1S/C50H27N7O2.2Pt/c1-3-12-42-36(10-1)38-20-16-32(28-44(38)55(42)48-14-5-7-24-51-48)58-34-18-22-40-41-23-19-35(31-47(41)57(46(40)30-34)50-53-26-9-27-54-50)59-33-17-21-39-37-11-2-4-13-43(37)56(45(39)29-33)49-15-6-8-25-52-49;;/h1-27H;;/q-4;2*+2/i14D,15D;;. The van der Waals surface area contributed by atoms with Crippen molar-refractivity contribution >= 4 is 65.4 Å². The molecular formula is C50H27N7O2Pt2. The monoisotopic (exact) mass is 1150 g/mol. The Labute approximate surface area is 380 Å². The molecule has 0 aliphatic heterocycles. The number of aromatic nitrogens is 7. The molecule has 0 aliphatic carbocycles. The Morgan fingerprint density at radius 1 is 0.377 bits per heavy atom. The van der Waals surface area contributed by atoms with E-state index in [0.29, 0.717) is 63.7 Å². The van der Waals surface area contributed by atoms with Gasteiger partial charge in [0.05, 0.1) is 2.74 Å². The number of pyridine rings is 2. The molecule has 0 saturated heterocycles. The third-order valence-electron chi connectivity index (χ3n) is 10.4. The van der Waals surface area contributed by atoms with Crippen molar-refractivity contribution in [2.24, 2.45) is 0 Å². The Morgan fingerprint density at radius 3 is 1.18 bits per heavy atom. The molecule has 0 bridgehead atoms. The van der Waals surface area contributed by atoms with Gasteiger partial charge in [-0.25, -0.2) is 19.9 Å². The first-order valence-corrected chi connectivity index (χ1v) is 18.9. The van der Waals surface area contributed by atoms with Crippen LogP contribution in [0.3, 0.4) is 0 Å². The summed E-state index contributed by atoms with van der Waals surface area (Å²) in [7, 11) is 0. The Kier molecular flexibility index (Phi) is 9.20. The van der Waals surface area contributed by atoms with Gasteiger partial charge in [0.1, 0.15) is 11.6 Å². The second-order valence-corrected chi connectivity index (χ2v) is 13.8. The predicted octanol–water partition coefficient (Wildman–Crippen LogP) is 11.3. The van der Waals surface area contributed by atoms with E-state index in [0.717, 1.165) is 54.4 Å². The molecule has 0 spiro atoms. The van der Waals surface area contributed by atoms with Gasteiger partial charge in [0.2, 0.25) is 5.95 Å². The second-order valence-electron chi connectivity index (χ2n) is 13.8. The van der Waals surface area contributed by atoms with Crippen LogP contribution in [0, 0.1) is 24.3 Å². The summed E-state index contributed by atoms with van der Waals surface area (Å²) in [6.45, 7) is 0. The van der Waals surface area contributed by atoms with Crippen molar-refractivity contribution in [3.8, 4) is 40.6 Å². The SMILES string of the molecule is [2H]c1cccnc1-n1c2[c-]c(Oc3[c-]c4c(cc3)c3ccc(Oc5[c-]c6c(cc5)c5ccccc5n6-c5ncccc5[2H])[c-]c3n4-c3ncccn3)ccc2c2ccccc21.[Pt+2].[Pt+2]. The fourth-order valence-electron chi connectivity index (χ4n) is 7.97. The summed E-state index contributed by atoms with van der Waals surface area (Å²) >= 11 is 0. The predicted molar refractivity (Wildman–Crippen MR) is 229 cm³/mol. The van der Waals surface area contributed by atoms with Crippen molar-refractivity contribution < 1.29 is 54.3 Å². The molecule has 0 aliphatic rings. The first-order chi connectivity index (χ1) is 30.1. The average molecular weight is 1150 g/mol. The topological polar surface area (TPSA) is 84.8 Å². The quantitative estimate of drug-likeness (QED) is 0.148. The third-order valence-corrected chi connectivity index (χ3v) is 10.4. The molecule has 294 valence electrons. The van der Waals surface area contributed by atoms with Crippen molar-refractivity contribution in [2.45, 2.75) is 0 Å². The molecule has 0 fully saturated rings. The summed E-state index contributed by atoms with van der Waals surface area (Å²) in [6, 6.07) is 54.9. The van der Waals surface area contributed by atoms with Gasteiger partial charge in [-0.05, 0) is 53.2 Å². The number of hydrogen-bond acceptors (Lipinski definition) is 6.